The van der Waals surface area contributed by atoms with Crippen molar-refractivity contribution >= 4 is 0 Å². The molecule has 4 aliphatic rings. The third-order valence-electron chi connectivity index (χ3n) is 5.24. The van der Waals surface area contributed by atoms with Gasteiger partial charge in [0.25, 0.3) is 0 Å². The molecule has 4 rings (SSSR count). The van der Waals surface area contributed by atoms with Crippen LogP contribution in [0, 0.1) is 35.0 Å². The first kappa shape index (κ1) is 4.79. The van der Waals surface area contributed by atoms with Crippen LogP contribution in [0.3, 0.4) is 0 Å². The summed E-state index contributed by atoms with van der Waals surface area (Å²) in [4.78, 5) is 0. The van der Waals surface area contributed by atoms with Gasteiger partial charge in [-0.2, -0.15) is 0 Å². The monoisotopic (exact) mass is 134 g/mol. The molecule has 4 aliphatic carbocycles. The van der Waals surface area contributed by atoms with E-state index < -0.39 is 0 Å². The van der Waals surface area contributed by atoms with Crippen LogP contribution in [0.15, 0.2) is 0 Å². The Hall–Kier alpha value is 0. The first-order valence-corrected chi connectivity index (χ1v) is 4.87. The molecule has 0 aromatic heterocycles. The third kappa shape index (κ3) is 0.233. The molecule has 0 bridgehead atoms. The molecule has 54 valence electrons. The van der Waals surface area contributed by atoms with Crippen LogP contribution in [0.5, 0.6) is 0 Å². The Labute approximate surface area is 62.0 Å². The Morgan fingerprint density at radius 1 is 1.30 bits per heavy atom. The standard InChI is InChI=1S/C10H14/c1-5-7-8(5)10-4-2-3-6(10)9(7)10/h5-9H,2-4H2,1H3. The zero-order valence-corrected chi connectivity index (χ0v) is 6.51. The van der Waals surface area contributed by atoms with Crippen molar-refractivity contribution in [1.82, 2.24) is 0 Å². The van der Waals surface area contributed by atoms with Gasteiger partial charge in [0.2, 0.25) is 0 Å². The van der Waals surface area contributed by atoms with E-state index in [0.717, 1.165) is 11.3 Å². The molecule has 0 nitrogen and oxygen atoms in total. The molecule has 6 atom stereocenters. The van der Waals surface area contributed by atoms with Gasteiger partial charge in [-0.05, 0) is 47.8 Å². The average Bonchev–Trinajstić information content (AvgIpc) is 2.53. The third-order valence-corrected chi connectivity index (χ3v) is 5.24. The molecule has 0 N–H and O–H groups in total. The van der Waals surface area contributed by atoms with Crippen molar-refractivity contribution in [2.75, 3.05) is 0 Å². The van der Waals surface area contributed by atoms with Crippen molar-refractivity contribution in [2.45, 2.75) is 26.2 Å². The van der Waals surface area contributed by atoms with Crippen LogP contribution in [0.2, 0.25) is 0 Å². The highest BCUT2D eigenvalue weighted by Crippen LogP contribution is 2.94. The van der Waals surface area contributed by atoms with Gasteiger partial charge in [0.15, 0.2) is 0 Å². The first-order chi connectivity index (χ1) is 4.87. The van der Waals surface area contributed by atoms with E-state index in [-0.39, 0.29) is 0 Å². The highest BCUT2D eigenvalue weighted by atomic mass is 14.9. The van der Waals surface area contributed by atoms with Gasteiger partial charge in [0.1, 0.15) is 0 Å². The molecular formula is C10H14. The first-order valence-electron chi connectivity index (χ1n) is 4.87. The van der Waals surface area contributed by atoms with Crippen molar-refractivity contribution in [3.05, 3.63) is 0 Å². The summed E-state index contributed by atoms with van der Waals surface area (Å²) >= 11 is 0. The molecule has 0 aromatic carbocycles. The number of fused-ring (bicyclic) bond motifs is 3. The Bertz CT molecular complexity index is 212. The molecule has 10 heavy (non-hydrogen) atoms. The van der Waals surface area contributed by atoms with Crippen molar-refractivity contribution < 1.29 is 0 Å². The summed E-state index contributed by atoms with van der Waals surface area (Å²) in [6.07, 6.45) is 4.79. The van der Waals surface area contributed by atoms with Gasteiger partial charge in [0, 0.05) is 0 Å². The van der Waals surface area contributed by atoms with Gasteiger partial charge in [-0.1, -0.05) is 13.3 Å². The second-order valence-corrected chi connectivity index (χ2v) is 5.10. The predicted octanol–water partition coefficient (Wildman–Crippen LogP) is 2.30. The van der Waals surface area contributed by atoms with E-state index in [0.29, 0.717) is 0 Å². The maximum atomic E-state index is 2.48. The summed E-state index contributed by atoms with van der Waals surface area (Å²) < 4.78 is 0. The van der Waals surface area contributed by atoms with Crippen LogP contribution in [0.1, 0.15) is 26.2 Å². The van der Waals surface area contributed by atoms with Crippen LogP contribution in [0.4, 0.5) is 0 Å². The summed E-state index contributed by atoms with van der Waals surface area (Å²) in [5, 5.41) is 0. The minimum atomic E-state index is 1.00. The van der Waals surface area contributed by atoms with Crippen molar-refractivity contribution in [2.24, 2.45) is 35.0 Å². The maximum Gasteiger partial charge on any atom is -0.0198 e. The Kier molecular flexibility index (Phi) is 0.479. The fraction of sp³-hybridized carbons (Fsp3) is 1.00. The van der Waals surface area contributed by atoms with Crippen LogP contribution in [-0.4, -0.2) is 0 Å². The van der Waals surface area contributed by atoms with Gasteiger partial charge >= 0.3 is 0 Å². The molecule has 1 spiro atoms. The quantitative estimate of drug-likeness (QED) is 0.477. The molecule has 0 heteroatoms. The molecule has 0 saturated heterocycles. The Morgan fingerprint density at radius 2 is 2.20 bits per heavy atom. The van der Waals surface area contributed by atoms with Crippen molar-refractivity contribution in [3.63, 3.8) is 0 Å². The molecule has 0 radical (unpaired) electrons. The normalized spacial score (nSPS) is 80.7. The van der Waals surface area contributed by atoms with Crippen LogP contribution in [-0.2, 0) is 0 Å². The van der Waals surface area contributed by atoms with Gasteiger partial charge in [0.05, 0.1) is 0 Å². The second-order valence-electron chi connectivity index (χ2n) is 5.10. The summed E-state index contributed by atoms with van der Waals surface area (Å²) in [6.45, 7) is 2.48. The second kappa shape index (κ2) is 1.00. The van der Waals surface area contributed by atoms with E-state index in [2.05, 4.69) is 6.92 Å². The molecule has 4 fully saturated rings. The molecular weight excluding hydrogens is 120 g/mol. The fourth-order valence-electron chi connectivity index (χ4n) is 5.04. The zero-order valence-electron chi connectivity index (χ0n) is 6.51. The topological polar surface area (TPSA) is 0 Å². The Morgan fingerprint density at radius 3 is 3.00 bits per heavy atom. The summed E-state index contributed by atoms with van der Waals surface area (Å²) in [5.41, 5.74) is 1.00. The smallest absolute Gasteiger partial charge is 0.0198 e. The van der Waals surface area contributed by atoms with Crippen molar-refractivity contribution in [3.8, 4) is 0 Å². The minimum Gasteiger partial charge on any atom is -0.0619 e. The summed E-state index contributed by atoms with van der Waals surface area (Å²) in [7, 11) is 0. The lowest BCUT2D eigenvalue weighted by molar-refractivity contribution is 0.253. The largest absolute Gasteiger partial charge is 0.0619 e. The van der Waals surface area contributed by atoms with E-state index in [1.165, 1.54) is 23.7 Å². The van der Waals surface area contributed by atoms with E-state index in [9.17, 15) is 0 Å². The SMILES string of the molecule is CC1C2C1C13CCCC1C23. The lowest BCUT2D eigenvalue weighted by atomic mass is 9.82. The highest BCUT2D eigenvalue weighted by Gasteiger charge is 2.89. The van der Waals surface area contributed by atoms with Crippen LogP contribution >= 0.6 is 0 Å². The van der Waals surface area contributed by atoms with Gasteiger partial charge in [-0.3, -0.25) is 0 Å². The highest BCUT2D eigenvalue weighted by molar-refractivity contribution is 5.36. The Balaban J connectivity index is 1.80. The molecule has 0 amide bonds. The van der Waals surface area contributed by atoms with Gasteiger partial charge in [-0.25, -0.2) is 0 Å². The summed E-state index contributed by atoms with van der Waals surface area (Å²) in [6, 6.07) is 0. The van der Waals surface area contributed by atoms with Crippen molar-refractivity contribution in [1.29, 1.82) is 0 Å². The lowest BCUT2D eigenvalue weighted by Crippen LogP contribution is -2.17. The van der Waals surface area contributed by atoms with E-state index in [1.54, 1.807) is 19.3 Å². The lowest BCUT2D eigenvalue weighted by Gasteiger charge is -2.22. The van der Waals surface area contributed by atoms with E-state index >= 15 is 0 Å². The van der Waals surface area contributed by atoms with Crippen LogP contribution in [0.25, 0.3) is 0 Å². The molecule has 0 heterocycles. The number of hydrogen-bond acceptors (Lipinski definition) is 0. The van der Waals surface area contributed by atoms with Gasteiger partial charge < -0.3 is 0 Å². The number of rotatable bonds is 0. The fourth-order valence-corrected chi connectivity index (χ4v) is 5.04. The number of hydrogen-bond donors (Lipinski definition) is 0. The molecule has 0 aliphatic heterocycles. The maximum absolute atomic E-state index is 2.48. The predicted molar refractivity (Wildman–Crippen MR) is 39.4 cm³/mol. The molecule has 0 aromatic rings. The van der Waals surface area contributed by atoms with Crippen LogP contribution < -0.4 is 0 Å². The van der Waals surface area contributed by atoms with E-state index in [4.69, 9.17) is 0 Å². The average molecular weight is 134 g/mol. The summed E-state index contributed by atoms with van der Waals surface area (Å²) in [5.74, 6) is 6.15. The molecule has 6 unspecified atom stereocenters. The minimum absolute atomic E-state index is 1.00. The molecule has 4 saturated carbocycles. The van der Waals surface area contributed by atoms with Gasteiger partial charge in [-0.15, -0.1) is 0 Å². The zero-order chi connectivity index (χ0) is 6.51. The van der Waals surface area contributed by atoms with E-state index in [1.807, 2.05) is 0 Å².